The number of likely N-dealkylation sites (N-methyl/N-ethyl adjacent to an activating group) is 1. The molecular weight excluding hydrogens is 226 g/mol. The molecule has 0 heterocycles. The standard InChI is InChI=1S/C15H31NO2/c1-13(2)14-6-8-15(9-7-14,12-16-3)18-11-5-10-17-4/h13-14,16H,5-12H2,1-4H3. The highest BCUT2D eigenvalue weighted by molar-refractivity contribution is 4.89. The van der Waals surface area contributed by atoms with Crippen molar-refractivity contribution in [3.8, 4) is 0 Å². The largest absolute Gasteiger partial charge is 0.385 e. The summed E-state index contributed by atoms with van der Waals surface area (Å²) in [5, 5.41) is 3.31. The zero-order chi connectivity index (χ0) is 13.4. The third kappa shape index (κ3) is 4.87. The van der Waals surface area contributed by atoms with E-state index in [9.17, 15) is 0 Å². The summed E-state index contributed by atoms with van der Waals surface area (Å²) in [5.41, 5.74) is 0.0773. The lowest BCUT2D eigenvalue weighted by Gasteiger charge is -2.41. The van der Waals surface area contributed by atoms with Crippen molar-refractivity contribution in [3.63, 3.8) is 0 Å². The minimum Gasteiger partial charge on any atom is -0.385 e. The van der Waals surface area contributed by atoms with Gasteiger partial charge in [0, 0.05) is 26.9 Å². The Bertz CT molecular complexity index is 211. The van der Waals surface area contributed by atoms with Gasteiger partial charge in [-0.3, -0.25) is 0 Å². The van der Waals surface area contributed by atoms with Gasteiger partial charge in [-0.25, -0.2) is 0 Å². The number of hydrogen-bond donors (Lipinski definition) is 1. The number of rotatable bonds is 8. The van der Waals surface area contributed by atoms with Crippen LogP contribution in [0.15, 0.2) is 0 Å². The highest BCUT2D eigenvalue weighted by Gasteiger charge is 2.36. The zero-order valence-electron chi connectivity index (χ0n) is 12.6. The van der Waals surface area contributed by atoms with Crippen LogP contribution in [0, 0.1) is 11.8 Å². The van der Waals surface area contributed by atoms with Crippen molar-refractivity contribution >= 4 is 0 Å². The Labute approximate surface area is 113 Å². The lowest BCUT2D eigenvalue weighted by atomic mass is 9.74. The fourth-order valence-electron chi connectivity index (χ4n) is 3.02. The average Bonchev–Trinajstić information content (AvgIpc) is 2.36. The lowest BCUT2D eigenvalue weighted by Crippen LogP contribution is -2.45. The SMILES string of the molecule is CNCC1(OCCCOC)CCC(C(C)C)CC1. The molecule has 1 N–H and O–H groups in total. The monoisotopic (exact) mass is 257 g/mol. The maximum Gasteiger partial charge on any atom is 0.0806 e. The quantitative estimate of drug-likeness (QED) is 0.678. The van der Waals surface area contributed by atoms with Gasteiger partial charge in [0.05, 0.1) is 5.60 Å². The summed E-state index contributed by atoms with van der Waals surface area (Å²) in [5.74, 6) is 1.70. The Hall–Kier alpha value is -0.120. The summed E-state index contributed by atoms with van der Waals surface area (Å²) in [4.78, 5) is 0. The van der Waals surface area contributed by atoms with Crippen LogP contribution in [0.5, 0.6) is 0 Å². The molecule has 0 saturated heterocycles. The molecule has 3 heteroatoms. The van der Waals surface area contributed by atoms with E-state index >= 15 is 0 Å². The summed E-state index contributed by atoms with van der Waals surface area (Å²) < 4.78 is 11.3. The van der Waals surface area contributed by atoms with Gasteiger partial charge < -0.3 is 14.8 Å². The van der Waals surface area contributed by atoms with Gasteiger partial charge >= 0.3 is 0 Å². The van der Waals surface area contributed by atoms with Crippen LogP contribution < -0.4 is 5.32 Å². The van der Waals surface area contributed by atoms with Crippen molar-refractivity contribution in [1.29, 1.82) is 0 Å². The Morgan fingerprint density at radius 2 is 1.89 bits per heavy atom. The molecule has 3 nitrogen and oxygen atoms in total. The Morgan fingerprint density at radius 1 is 1.22 bits per heavy atom. The van der Waals surface area contributed by atoms with Crippen LogP contribution in [0.1, 0.15) is 46.0 Å². The van der Waals surface area contributed by atoms with E-state index in [4.69, 9.17) is 9.47 Å². The molecule has 0 radical (unpaired) electrons. The van der Waals surface area contributed by atoms with E-state index in [2.05, 4.69) is 19.2 Å². The van der Waals surface area contributed by atoms with Gasteiger partial charge in [-0.2, -0.15) is 0 Å². The third-order valence-electron chi connectivity index (χ3n) is 4.28. The molecule has 0 amide bonds. The summed E-state index contributed by atoms with van der Waals surface area (Å²) in [7, 11) is 3.77. The molecule has 1 rings (SSSR count). The van der Waals surface area contributed by atoms with Crippen molar-refractivity contribution in [2.45, 2.75) is 51.6 Å². The normalized spacial score (nSPS) is 28.8. The maximum absolute atomic E-state index is 6.20. The predicted octanol–water partition coefficient (Wildman–Crippen LogP) is 2.84. The van der Waals surface area contributed by atoms with E-state index in [-0.39, 0.29) is 5.60 Å². The molecule has 18 heavy (non-hydrogen) atoms. The van der Waals surface area contributed by atoms with Crippen molar-refractivity contribution in [3.05, 3.63) is 0 Å². The first-order valence-electron chi connectivity index (χ1n) is 7.41. The van der Waals surface area contributed by atoms with Crippen LogP contribution >= 0.6 is 0 Å². The molecule has 1 fully saturated rings. The Kier molecular flexibility index (Phi) is 7.20. The van der Waals surface area contributed by atoms with Crippen molar-refractivity contribution in [2.24, 2.45) is 11.8 Å². The van der Waals surface area contributed by atoms with Crippen molar-refractivity contribution in [1.82, 2.24) is 5.32 Å². The van der Waals surface area contributed by atoms with Gasteiger partial charge in [0.25, 0.3) is 0 Å². The number of methoxy groups -OCH3 is 1. The summed E-state index contributed by atoms with van der Waals surface area (Å²) >= 11 is 0. The number of nitrogens with one attached hydrogen (secondary N) is 1. The molecule has 0 aromatic heterocycles. The molecule has 0 aliphatic heterocycles. The van der Waals surface area contributed by atoms with Crippen LogP contribution in [0.25, 0.3) is 0 Å². The molecule has 0 atom stereocenters. The average molecular weight is 257 g/mol. The highest BCUT2D eigenvalue weighted by Crippen LogP contribution is 2.37. The Balaban J connectivity index is 2.40. The van der Waals surface area contributed by atoms with Crippen molar-refractivity contribution in [2.75, 3.05) is 33.9 Å². The van der Waals surface area contributed by atoms with E-state index in [1.165, 1.54) is 25.7 Å². The maximum atomic E-state index is 6.20. The Morgan fingerprint density at radius 3 is 2.39 bits per heavy atom. The molecule has 0 aromatic rings. The van der Waals surface area contributed by atoms with Crippen LogP contribution in [-0.4, -0.2) is 39.5 Å². The van der Waals surface area contributed by atoms with E-state index in [1.807, 2.05) is 7.05 Å². The van der Waals surface area contributed by atoms with Crippen LogP contribution in [0.3, 0.4) is 0 Å². The first-order valence-corrected chi connectivity index (χ1v) is 7.41. The minimum atomic E-state index is 0.0773. The van der Waals surface area contributed by atoms with Gasteiger partial charge in [0.2, 0.25) is 0 Å². The molecule has 0 unspecified atom stereocenters. The number of ether oxygens (including phenoxy) is 2. The molecular formula is C15H31NO2. The predicted molar refractivity (Wildman–Crippen MR) is 75.9 cm³/mol. The summed E-state index contributed by atoms with van der Waals surface area (Å²) in [6.07, 6.45) is 6.01. The molecule has 1 saturated carbocycles. The third-order valence-corrected chi connectivity index (χ3v) is 4.28. The smallest absolute Gasteiger partial charge is 0.0806 e. The fourth-order valence-corrected chi connectivity index (χ4v) is 3.02. The number of hydrogen-bond acceptors (Lipinski definition) is 3. The first kappa shape index (κ1) is 15.9. The van der Waals surface area contributed by atoms with E-state index in [0.29, 0.717) is 0 Å². The summed E-state index contributed by atoms with van der Waals surface area (Å²) in [6, 6.07) is 0. The van der Waals surface area contributed by atoms with Gasteiger partial charge in [-0.15, -0.1) is 0 Å². The van der Waals surface area contributed by atoms with Crippen LogP contribution in [0.4, 0.5) is 0 Å². The lowest BCUT2D eigenvalue weighted by molar-refractivity contribution is -0.0823. The van der Waals surface area contributed by atoms with Gasteiger partial charge in [-0.05, 0) is 51.0 Å². The van der Waals surface area contributed by atoms with Gasteiger partial charge in [0.15, 0.2) is 0 Å². The fraction of sp³-hybridized carbons (Fsp3) is 1.00. The minimum absolute atomic E-state index is 0.0773. The highest BCUT2D eigenvalue weighted by atomic mass is 16.5. The molecule has 1 aliphatic rings. The summed E-state index contributed by atoms with van der Waals surface area (Å²) in [6.45, 7) is 7.28. The van der Waals surface area contributed by atoms with Crippen molar-refractivity contribution < 1.29 is 9.47 Å². The molecule has 0 bridgehead atoms. The molecule has 108 valence electrons. The van der Waals surface area contributed by atoms with Crippen LogP contribution in [0.2, 0.25) is 0 Å². The van der Waals surface area contributed by atoms with Crippen LogP contribution in [-0.2, 0) is 9.47 Å². The second kappa shape index (κ2) is 8.13. The topological polar surface area (TPSA) is 30.5 Å². The second-order valence-electron chi connectivity index (χ2n) is 5.99. The van der Waals surface area contributed by atoms with E-state index < -0.39 is 0 Å². The molecule has 0 aromatic carbocycles. The zero-order valence-corrected chi connectivity index (χ0v) is 12.6. The van der Waals surface area contributed by atoms with E-state index in [1.54, 1.807) is 7.11 Å². The van der Waals surface area contributed by atoms with Gasteiger partial charge in [0.1, 0.15) is 0 Å². The van der Waals surface area contributed by atoms with E-state index in [0.717, 1.165) is 38.0 Å². The molecule has 0 spiro atoms. The molecule has 1 aliphatic carbocycles. The first-order chi connectivity index (χ1) is 8.63. The van der Waals surface area contributed by atoms with Gasteiger partial charge in [-0.1, -0.05) is 13.8 Å². The second-order valence-corrected chi connectivity index (χ2v) is 5.99.